The maximum atomic E-state index is 13.3. The van der Waals surface area contributed by atoms with Crippen molar-refractivity contribution in [1.29, 1.82) is 0 Å². The highest BCUT2D eigenvalue weighted by molar-refractivity contribution is 6.01. The van der Waals surface area contributed by atoms with Gasteiger partial charge in [0.25, 0.3) is 0 Å². The van der Waals surface area contributed by atoms with Gasteiger partial charge in [-0.25, -0.2) is 0 Å². The van der Waals surface area contributed by atoms with Gasteiger partial charge in [0.15, 0.2) is 11.6 Å². The topological polar surface area (TPSA) is 57.8 Å². The Hall–Kier alpha value is -2.57. The quantitative estimate of drug-likeness (QED) is 0.742. The van der Waals surface area contributed by atoms with Crippen molar-refractivity contribution in [1.82, 2.24) is 10.2 Å². The molecule has 1 atom stereocenters. The summed E-state index contributed by atoms with van der Waals surface area (Å²) in [5.74, 6) is 0.00229. The van der Waals surface area contributed by atoms with Crippen LogP contribution in [0.25, 0.3) is 0 Å². The molecule has 142 valence electrons. The highest BCUT2D eigenvalue weighted by Crippen LogP contribution is 2.49. The van der Waals surface area contributed by atoms with Crippen LogP contribution in [0, 0.1) is 12.3 Å². The van der Waals surface area contributed by atoms with Crippen LogP contribution in [-0.2, 0) is 11.0 Å². The van der Waals surface area contributed by atoms with Gasteiger partial charge in [-0.3, -0.25) is 9.89 Å². The third-order valence-electron chi connectivity index (χ3n) is 5.31. The van der Waals surface area contributed by atoms with Gasteiger partial charge in [-0.15, -0.1) is 0 Å². The number of carbonyl (C=O) groups excluding carboxylic acids is 1. The number of hydrogen-bond donors (Lipinski definition) is 2. The number of ketones is 1. The molecule has 0 saturated heterocycles. The molecule has 2 heterocycles. The minimum Gasteiger partial charge on any atom is -0.342 e. The van der Waals surface area contributed by atoms with E-state index >= 15 is 0 Å². The van der Waals surface area contributed by atoms with Crippen LogP contribution in [0.5, 0.6) is 0 Å². The van der Waals surface area contributed by atoms with Crippen LogP contribution < -0.4 is 5.32 Å². The molecule has 2 aliphatic rings. The summed E-state index contributed by atoms with van der Waals surface area (Å²) in [7, 11) is 0. The van der Waals surface area contributed by atoms with E-state index in [1.807, 2.05) is 20.8 Å². The fourth-order valence-electron chi connectivity index (χ4n) is 4.18. The predicted octanol–water partition coefficient (Wildman–Crippen LogP) is 4.94. The van der Waals surface area contributed by atoms with E-state index in [1.54, 1.807) is 6.07 Å². The number of anilines is 1. The number of nitrogens with one attached hydrogen (secondary N) is 2. The molecule has 2 aromatic rings. The van der Waals surface area contributed by atoms with Crippen molar-refractivity contribution in [2.75, 3.05) is 5.32 Å². The van der Waals surface area contributed by atoms with E-state index in [2.05, 4.69) is 15.5 Å². The fraction of sp³-hybridized carbons (Fsp3) is 0.400. The average molecular weight is 375 g/mol. The number of aromatic nitrogens is 2. The molecule has 0 amide bonds. The molecule has 1 aromatic carbocycles. The Bertz CT molecular complexity index is 969. The van der Waals surface area contributed by atoms with Gasteiger partial charge in [-0.2, -0.15) is 18.3 Å². The molecule has 1 aromatic heterocycles. The summed E-state index contributed by atoms with van der Waals surface area (Å²) in [4.78, 5) is 13.0. The van der Waals surface area contributed by atoms with E-state index < -0.39 is 17.7 Å². The molecule has 0 fully saturated rings. The van der Waals surface area contributed by atoms with E-state index in [0.29, 0.717) is 29.8 Å². The van der Waals surface area contributed by atoms with Crippen molar-refractivity contribution in [2.24, 2.45) is 5.41 Å². The van der Waals surface area contributed by atoms with Crippen molar-refractivity contribution in [3.63, 3.8) is 0 Å². The van der Waals surface area contributed by atoms with Crippen LogP contribution in [0.1, 0.15) is 55.0 Å². The number of halogens is 3. The molecule has 1 unspecified atom stereocenters. The van der Waals surface area contributed by atoms with Gasteiger partial charge in [-0.1, -0.05) is 32.0 Å². The highest BCUT2D eigenvalue weighted by Gasteiger charge is 2.42. The first kappa shape index (κ1) is 17.8. The summed E-state index contributed by atoms with van der Waals surface area (Å²) in [5.41, 5.74) is 2.34. The molecule has 0 saturated carbocycles. The van der Waals surface area contributed by atoms with E-state index in [0.717, 1.165) is 29.1 Å². The van der Waals surface area contributed by atoms with Crippen molar-refractivity contribution in [3.8, 4) is 0 Å². The first-order chi connectivity index (χ1) is 12.6. The Morgan fingerprint density at radius 3 is 2.67 bits per heavy atom. The largest absolute Gasteiger partial charge is 0.416 e. The van der Waals surface area contributed by atoms with Gasteiger partial charge in [0.1, 0.15) is 0 Å². The summed E-state index contributed by atoms with van der Waals surface area (Å²) < 4.78 is 39.8. The van der Waals surface area contributed by atoms with Crippen LogP contribution in [0.3, 0.4) is 0 Å². The van der Waals surface area contributed by atoms with Crippen LogP contribution in [0.2, 0.25) is 0 Å². The smallest absolute Gasteiger partial charge is 0.342 e. The molecule has 0 spiro atoms. The number of carbonyl (C=O) groups is 1. The molecule has 7 heteroatoms. The lowest BCUT2D eigenvalue weighted by Gasteiger charge is -2.38. The molecule has 27 heavy (non-hydrogen) atoms. The minimum atomic E-state index is -4.44. The van der Waals surface area contributed by atoms with Crippen molar-refractivity contribution in [2.45, 2.75) is 45.7 Å². The monoisotopic (exact) mass is 375 g/mol. The van der Waals surface area contributed by atoms with Gasteiger partial charge in [0.05, 0.1) is 5.56 Å². The number of H-pyrrole nitrogens is 1. The average Bonchev–Trinajstić information content (AvgIpc) is 2.92. The van der Waals surface area contributed by atoms with Crippen molar-refractivity contribution >= 4 is 11.6 Å². The number of alkyl halides is 3. The lowest BCUT2D eigenvalue weighted by Crippen LogP contribution is -2.33. The molecule has 4 nitrogen and oxygen atoms in total. The lowest BCUT2D eigenvalue weighted by atomic mass is 9.69. The zero-order valence-corrected chi connectivity index (χ0v) is 15.3. The number of fused-ring (bicyclic) bond motifs is 1. The van der Waals surface area contributed by atoms with E-state index in [-0.39, 0.29) is 11.2 Å². The standard InChI is InChI=1S/C20H20F3N3O/c1-10-15-16(11-5-4-6-12(7-11)20(21,22)23)17-13(24-18(15)26-25-10)8-19(2,3)9-14(17)27/h4-7,16H,8-9H2,1-3H3,(H2,24,25,26). The highest BCUT2D eigenvalue weighted by atomic mass is 19.4. The summed E-state index contributed by atoms with van der Waals surface area (Å²) in [5, 5.41) is 10.4. The van der Waals surface area contributed by atoms with Gasteiger partial charge in [-0.05, 0) is 30.4 Å². The summed E-state index contributed by atoms with van der Waals surface area (Å²) in [6.07, 6.45) is -3.42. The number of Topliss-reactive ketones (excluding diaryl/α,β-unsaturated/α-hetero) is 1. The Balaban J connectivity index is 1.93. The first-order valence-corrected chi connectivity index (χ1v) is 8.82. The zero-order valence-electron chi connectivity index (χ0n) is 15.3. The van der Waals surface area contributed by atoms with E-state index in [1.165, 1.54) is 6.07 Å². The van der Waals surface area contributed by atoms with Gasteiger partial charge < -0.3 is 5.32 Å². The molecule has 1 aliphatic heterocycles. The Kier molecular flexibility index (Phi) is 3.77. The van der Waals surface area contributed by atoms with Gasteiger partial charge >= 0.3 is 6.18 Å². The number of allylic oxidation sites excluding steroid dienone is 2. The van der Waals surface area contributed by atoms with E-state index in [4.69, 9.17) is 0 Å². The van der Waals surface area contributed by atoms with E-state index in [9.17, 15) is 18.0 Å². The maximum Gasteiger partial charge on any atom is 0.416 e. The number of hydrogen-bond acceptors (Lipinski definition) is 3. The number of aromatic amines is 1. The molecular weight excluding hydrogens is 355 g/mol. The van der Waals surface area contributed by atoms with Gasteiger partial charge in [0.2, 0.25) is 0 Å². The second kappa shape index (κ2) is 5.71. The molecule has 1 aliphatic carbocycles. The number of benzene rings is 1. The summed E-state index contributed by atoms with van der Waals surface area (Å²) in [6, 6.07) is 5.24. The summed E-state index contributed by atoms with van der Waals surface area (Å²) >= 11 is 0. The zero-order chi connectivity index (χ0) is 19.6. The molecule has 4 rings (SSSR count). The number of nitrogens with zero attached hydrogens (tertiary/aromatic N) is 1. The number of rotatable bonds is 1. The number of aryl methyl sites for hydroxylation is 1. The molecule has 0 radical (unpaired) electrons. The fourth-order valence-corrected chi connectivity index (χ4v) is 4.18. The molecule has 2 N–H and O–H groups in total. The van der Waals surface area contributed by atoms with Crippen LogP contribution in [-0.4, -0.2) is 16.0 Å². The lowest BCUT2D eigenvalue weighted by molar-refractivity contribution is -0.137. The second-order valence-electron chi connectivity index (χ2n) is 8.13. The third-order valence-corrected chi connectivity index (χ3v) is 5.31. The Morgan fingerprint density at radius 1 is 1.22 bits per heavy atom. The minimum absolute atomic E-state index is 0.0255. The third kappa shape index (κ3) is 2.95. The maximum absolute atomic E-state index is 13.3. The Labute approximate surface area is 154 Å². The van der Waals surface area contributed by atoms with Crippen LogP contribution >= 0.6 is 0 Å². The summed E-state index contributed by atoms with van der Waals surface area (Å²) in [6.45, 7) is 5.85. The predicted molar refractivity (Wildman–Crippen MR) is 95.3 cm³/mol. The van der Waals surface area contributed by atoms with Gasteiger partial charge in [0, 0.05) is 34.9 Å². The SMILES string of the molecule is Cc1[nH]nc2c1C(c1cccc(C(F)(F)F)c1)C1=C(CC(C)(C)CC1=O)N2. The second-order valence-corrected chi connectivity index (χ2v) is 8.13. The molecular formula is C20H20F3N3O. The first-order valence-electron chi connectivity index (χ1n) is 8.82. The molecule has 0 bridgehead atoms. The van der Waals surface area contributed by atoms with Crippen molar-refractivity contribution in [3.05, 3.63) is 57.9 Å². The van der Waals surface area contributed by atoms with Crippen LogP contribution in [0.15, 0.2) is 35.5 Å². The Morgan fingerprint density at radius 2 is 1.96 bits per heavy atom. The van der Waals surface area contributed by atoms with Crippen molar-refractivity contribution < 1.29 is 18.0 Å². The van der Waals surface area contributed by atoms with Crippen LogP contribution in [0.4, 0.5) is 19.0 Å². The normalized spacial score (nSPS) is 21.6.